The Morgan fingerprint density at radius 3 is 1.81 bits per heavy atom. The molecular weight excluding hydrogens is 961 g/mol. The molecule has 1 aliphatic rings. The van der Waals surface area contributed by atoms with Crippen molar-refractivity contribution in [1.82, 2.24) is 9.55 Å². The number of nitrogens with zero attached hydrogens (tertiary/aromatic N) is 4. The molecule has 2 aromatic heterocycles. The summed E-state index contributed by atoms with van der Waals surface area (Å²) in [6, 6.07) is 61.8. The van der Waals surface area contributed by atoms with Crippen molar-refractivity contribution in [3.63, 3.8) is 0 Å². The predicted octanol–water partition coefficient (Wildman–Crippen LogP) is 19.7. The van der Waals surface area contributed by atoms with Crippen LogP contribution in [0.1, 0.15) is 134 Å². The summed E-state index contributed by atoms with van der Waals surface area (Å²) < 4.78 is 62.6. The number of fused-ring (bicyclic) bond motifs is 3. The minimum absolute atomic E-state index is 0.105. The van der Waals surface area contributed by atoms with Gasteiger partial charge in [0.15, 0.2) is 0 Å². The molecule has 0 unspecified atom stereocenters. The van der Waals surface area contributed by atoms with Crippen LogP contribution < -0.4 is 14.5 Å². The highest BCUT2D eigenvalue weighted by atomic mass is 16.5. The van der Waals surface area contributed by atoms with Crippen LogP contribution in [0.4, 0.5) is 11.4 Å². The first-order chi connectivity index (χ1) is 39.9. The van der Waals surface area contributed by atoms with Crippen molar-refractivity contribution < 1.29 is 13.0 Å². The van der Waals surface area contributed by atoms with Crippen molar-refractivity contribution in [2.75, 3.05) is 16.5 Å². The van der Waals surface area contributed by atoms with E-state index >= 15 is 0 Å². The van der Waals surface area contributed by atoms with Crippen LogP contribution in [-0.2, 0) is 21.7 Å². The fraction of sp³-hybridized carbons (Fsp3) is 0.257. The van der Waals surface area contributed by atoms with E-state index in [0.717, 1.165) is 72.3 Å². The summed E-state index contributed by atoms with van der Waals surface area (Å²) in [5, 5.41) is 2.00. The SMILES string of the molecule is [2H]C([2H])([2H])c1cc(C(C)(C)C)ccc1-c1cc(Oc2ccc3c4ccccc4n(-c4cc(-c5c(C)cc(C(C)(C)c6ccccc6)cc5C([2H])([2H])[2H])ccn4)c3c2)cc(N2C=C(c3ccccc3)N(c3cc(C(C)(C)C)cc(C(C)(C)C)c3)C2)c1. The van der Waals surface area contributed by atoms with Gasteiger partial charge in [-0.15, -0.1) is 0 Å². The summed E-state index contributed by atoms with van der Waals surface area (Å²) in [6.45, 7) is 21.8. The molecule has 0 saturated heterocycles. The number of para-hydroxylation sites is 1. The molecule has 5 heteroatoms. The number of pyridine rings is 1. The first-order valence-corrected chi connectivity index (χ1v) is 27.6. The quantitative estimate of drug-likeness (QED) is 0.137. The van der Waals surface area contributed by atoms with E-state index in [1.807, 2.05) is 104 Å². The summed E-state index contributed by atoms with van der Waals surface area (Å²) in [4.78, 5) is 9.61. The topological polar surface area (TPSA) is 33.5 Å². The fourth-order valence-electron chi connectivity index (χ4n) is 11.2. The average molecular weight is 1040 g/mol. The lowest BCUT2D eigenvalue weighted by Crippen LogP contribution is -2.27. The maximum absolute atomic E-state index is 8.91. The molecule has 0 spiro atoms. The highest BCUT2D eigenvalue weighted by Gasteiger charge is 2.30. The lowest BCUT2D eigenvalue weighted by Gasteiger charge is -2.30. The molecule has 5 nitrogen and oxygen atoms in total. The van der Waals surface area contributed by atoms with Gasteiger partial charge in [0.1, 0.15) is 17.3 Å². The Bertz CT molecular complexity index is 4180. The van der Waals surface area contributed by atoms with E-state index in [9.17, 15) is 0 Å². The third-order valence-corrected chi connectivity index (χ3v) is 16.0. The molecule has 0 bridgehead atoms. The van der Waals surface area contributed by atoms with E-state index in [0.29, 0.717) is 40.7 Å². The van der Waals surface area contributed by atoms with E-state index < -0.39 is 19.1 Å². The largest absolute Gasteiger partial charge is 0.457 e. The Balaban J connectivity index is 1.06. The lowest BCUT2D eigenvalue weighted by molar-refractivity contribution is 0.483. The zero-order valence-corrected chi connectivity index (χ0v) is 47.9. The van der Waals surface area contributed by atoms with Crippen LogP contribution in [0.3, 0.4) is 0 Å². The Kier molecular flexibility index (Phi) is 11.6. The van der Waals surface area contributed by atoms with Crippen molar-refractivity contribution in [2.45, 2.75) is 118 Å². The fourth-order valence-corrected chi connectivity index (χ4v) is 11.2. The monoisotopic (exact) mass is 1040 g/mol. The van der Waals surface area contributed by atoms with Gasteiger partial charge >= 0.3 is 0 Å². The third kappa shape index (κ3) is 10.3. The summed E-state index contributed by atoms with van der Waals surface area (Å²) in [7, 11) is 0. The maximum Gasteiger partial charge on any atom is 0.138 e. The van der Waals surface area contributed by atoms with Crippen LogP contribution in [0.2, 0.25) is 0 Å². The second kappa shape index (κ2) is 19.9. The second-order valence-corrected chi connectivity index (χ2v) is 25.2. The van der Waals surface area contributed by atoms with Crippen molar-refractivity contribution >= 4 is 38.9 Å². The molecule has 0 radical (unpaired) electrons. The number of hydrogen-bond donors (Lipinski definition) is 0. The summed E-state index contributed by atoms with van der Waals surface area (Å²) >= 11 is 0. The van der Waals surface area contributed by atoms with Gasteiger partial charge in [-0.2, -0.15) is 0 Å². The molecular formula is C74H76N4O. The molecule has 3 heterocycles. The number of aryl methyl sites for hydroxylation is 3. The molecule has 0 atom stereocenters. The average Bonchev–Trinajstić information content (AvgIpc) is 1.99. The smallest absolute Gasteiger partial charge is 0.138 e. The number of aromatic nitrogens is 2. The van der Waals surface area contributed by atoms with Gasteiger partial charge < -0.3 is 14.5 Å². The molecule has 0 amide bonds. The van der Waals surface area contributed by atoms with Gasteiger partial charge in [-0.1, -0.05) is 191 Å². The minimum atomic E-state index is -2.42. The maximum atomic E-state index is 8.91. The number of anilines is 2. The van der Waals surface area contributed by atoms with E-state index in [1.165, 1.54) is 11.1 Å². The van der Waals surface area contributed by atoms with Crippen LogP contribution in [-0.4, -0.2) is 16.2 Å². The molecule has 11 rings (SSSR count). The van der Waals surface area contributed by atoms with Crippen LogP contribution in [0.15, 0.2) is 194 Å². The molecule has 1 aliphatic heterocycles. The molecule has 79 heavy (non-hydrogen) atoms. The zero-order valence-electron chi connectivity index (χ0n) is 53.9. The van der Waals surface area contributed by atoms with Crippen molar-refractivity contribution in [3.05, 3.63) is 244 Å². The first-order valence-electron chi connectivity index (χ1n) is 30.6. The van der Waals surface area contributed by atoms with E-state index in [2.05, 4.69) is 182 Å². The van der Waals surface area contributed by atoms with Gasteiger partial charge in [0.25, 0.3) is 0 Å². The van der Waals surface area contributed by atoms with Crippen molar-refractivity contribution in [3.8, 4) is 39.6 Å². The molecule has 398 valence electrons. The minimum Gasteiger partial charge on any atom is -0.457 e. The third-order valence-electron chi connectivity index (χ3n) is 16.0. The predicted molar refractivity (Wildman–Crippen MR) is 336 cm³/mol. The van der Waals surface area contributed by atoms with Crippen LogP contribution >= 0.6 is 0 Å². The van der Waals surface area contributed by atoms with Crippen molar-refractivity contribution in [2.24, 2.45) is 0 Å². The molecule has 0 aliphatic carbocycles. The van der Waals surface area contributed by atoms with E-state index in [1.54, 1.807) is 6.20 Å². The van der Waals surface area contributed by atoms with Gasteiger partial charge in [-0.05, 0) is 164 Å². The normalized spacial score (nSPS) is 14.9. The molecule has 0 fully saturated rings. The van der Waals surface area contributed by atoms with Gasteiger partial charge in [0, 0.05) is 60.3 Å². The first kappa shape index (κ1) is 45.8. The molecule has 8 aromatic carbocycles. The van der Waals surface area contributed by atoms with E-state index in [4.69, 9.17) is 17.9 Å². The summed E-state index contributed by atoms with van der Waals surface area (Å²) in [5.41, 5.74) is 14.4. The standard InChI is InChI=1S/C74H76N4O/c1-48-35-55(71(4,5)6)29-31-63(48)53-38-59(76-46-68(51-23-17-15-18-24-51)77(47-76)60-42-56(72(7,8)9)41-57(43-60)73(10,11)12)44-62(39-53)79-61-30-32-65-64-27-21-22-28-66(64)78(67(65)45-61)69-40-52(33-34-75-69)70-49(2)36-58(37-50(70)3)74(13,14)54-25-19-16-20-26-54/h15-46H,47H2,1-14H3/i1D3,2D3. The van der Waals surface area contributed by atoms with Crippen LogP contribution in [0.5, 0.6) is 11.5 Å². The van der Waals surface area contributed by atoms with Crippen LogP contribution in [0.25, 0.3) is 55.6 Å². The van der Waals surface area contributed by atoms with Gasteiger partial charge in [0.05, 0.1) is 23.4 Å². The Morgan fingerprint density at radius 2 is 1.11 bits per heavy atom. The number of benzene rings is 8. The van der Waals surface area contributed by atoms with Crippen LogP contribution in [0, 0.1) is 20.6 Å². The van der Waals surface area contributed by atoms with Gasteiger partial charge in [-0.25, -0.2) is 4.98 Å². The molecule has 0 saturated carbocycles. The summed E-state index contributed by atoms with van der Waals surface area (Å²) in [5.74, 6) is 1.70. The highest BCUT2D eigenvalue weighted by Crippen LogP contribution is 2.44. The Labute approximate surface area is 478 Å². The number of hydrogen-bond acceptors (Lipinski definition) is 4. The summed E-state index contributed by atoms with van der Waals surface area (Å²) in [6.07, 6.45) is 3.95. The number of rotatable bonds is 10. The van der Waals surface area contributed by atoms with Gasteiger partial charge in [-0.3, -0.25) is 4.57 Å². The van der Waals surface area contributed by atoms with E-state index in [-0.39, 0.29) is 27.4 Å². The Hall–Kier alpha value is -8.15. The highest BCUT2D eigenvalue weighted by molar-refractivity contribution is 6.09. The molecule has 10 aromatic rings. The number of ether oxygens (including phenoxy) is 1. The Morgan fingerprint density at radius 1 is 0.468 bits per heavy atom. The van der Waals surface area contributed by atoms with Crippen molar-refractivity contribution in [1.29, 1.82) is 0 Å². The zero-order chi connectivity index (χ0) is 60.8. The molecule has 0 N–H and O–H groups in total. The van der Waals surface area contributed by atoms with Gasteiger partial charge in [0.2, 0.25) is 0 Å². The lowest BCUT2D eigenvalue weighted by atomic mass is 9.76. The second-order valence-electron chi connectivity index (χ2n) is 25.2.